The Bertz CT molecular complexity index is 1050. The van der Waals surface area contributed by atoms with Crippen LogP contribution in [0, 0.1) is 6.92 Å². The van der Waals surface area contributed by atoms with Crippen molar-refractivity contribution in [1.29, 1.82) is 0 Å². The molecule has 0 bridgehead atoms. The van der Waals surface area contributed by atoms with Crippen molar-refractivity contribution in [2.45, 2.75) is 44.9 Å². The molecule has 3 rings (SSSR count). The van der Waals surface area contributed by atoms with Crippen molar-refractivity contribution < 1.29 is 22.7 Å². The Morgan fingerprint density at radius 1 is 1.12 bits per heavy atom. The molecule has 0 unspecified atom stereocenters. The molecule has 0 radical (unpaired) electrons. The van der Waals surface area contributed by atoms with Crippen LogP contribution in [0.4, 0.5) is 5.69 Å². The van der Waals surface area contributed by atoms with E-state index in [1.165, 1.54) is 10.4 Å². The zero-order valence-corrected chi connectivity index (χ0v) is 19.8. The van der Waals surface area contributed by atoms with Gasteiger partial charge in [-0.05, 0) is 61.2 Å². The Balaban J connectivity index is 1.81. The molecular formula is C24H32N2O5S. The van der Waals surface area contributed by atoms with E-state index in [9.17, 15) is 13.2 Å². The Labute approximate surface area is 190 Å². The molecule has 0 saturated carbocycles. The van der Waals surface area contributed by atoms with Crippen LogP contribution in [0.2, 0.25) is 0 Å². The number of nitrogens with one attached hydrogen (secondary N) is 1. The number of morpholine rings is 1. The molecule has 2 aromatic carbocycles. The lowest BCUT2D eigenvalue weighted by molar-refractivity contribution is 0.0730. The minimum atomic E-state index is -3.70. The van der Waals surface area contributed by atoms with Gasteiger partial charge in [-0.2, -0.15) is 4.31 Å². The number of benzene rings is 2. The highest BCUT2D eigenvalue weighted by atomic mass is 32.2. The molecule has 174 valence electrons. The van der Waals surface area contributed by atoms with Gasteiger partial charge in [0.1, 0.15) is 5.75 Å². The number of sulfonamides is 1. The molecule has 1 N–H and O–H groups in total. The fourth-order valence-corrected chi connectivity index (χ4v) is 5.28. The monoisotopic (exact) mass is 460 g/mol. The fourth-order valence-electron chi connectivity index (χ4n) is 3.55. The summed E-state index contributed by atoms with van der Waals surface area (Å²) in [5.74, 6) is 0.411. The highest BCUT2D eigenvalue weighted by Crippen LogP contribution is 2.25. The fraction of sp³-hybridized carbons (Fsp3) is 0.458. The average molecular weight is 461 g/mol. The second-order valence-corrected chi connectivity index (χ2v) is 9.73. The van der Waals surface area contributed by atoms with Gasteiger partial charge in [-0.25, -0.2) is 8.42 Å². The Hall–Kier alpha value is -2.42. The number of unbranched alkanes of at least 4 members (excludes halogenated alkanes) is 1. The van der Waals surface area contributed by atoms with Gasteiger partial charge in [-0.1, -0.05) is 26.3 Å². The van der Waals surface area contributed by atoms with Gasteiger partial charge in [0.15, 0.2) is 0 Å². The van der Waals surface area contributed by atoms with Crippen LogP contribution < -0.4 is 10.1 Å². The summed E-state index contributed by atoms with van der Waals surface area (Å²) >= 11 is 0. The van der Waals surface area contributed by atoms with Gasteiger partial charge >= 0.3 is 0 Å². The minimum Gasteiger partial charge on any atom is -0.494 e. The molecule has 1 aliphatic heterocycles. The highest BCUT2D eigenvalue weighted by Gasteiger charge is 2.29. The van der Waals surface area contributed by atoms with Crippen LogP contribution >= 0.6 is 0 Å². The third-order valence-electron chi connectivity index (χ3n) is 5.51. The molecule has 0 spiro atoms. The van der Waals surface area contributed by atoms with Crippen molar-refractivity contribution in [3.63, 3.8) is 0 Å². The summed E-state index contributed by atoms with van der Waals surface area (Å²) in [6, 6.07) is 10.4. The van der Waals surface area contributed by atoms with E-state index in [0.717, 1.165) is 24.2 Å². The first-order chi connectivity index (χ1) is 15.4. The summed E-state index contributed by atoms with van der Waals surface area (Å²) in [7, 11) is -3.70. The molecule has 0 aliphatic carbocycles. The van der Waals surface area contributed by atoms with Gasteiger partial charge in [0.2, 0.25) is 10.0 Å². The first kappa shape index (κ1) is 24.2. The van der Waals surface area contributed by atoms with E-state index >= 15 is 0 Å². The topological polar surface area (TPSA) is 84.9 Å². The van der Waals surface area contributed by atoms with Crippen LogP contribution in [0.5, 0.6) is 5.75 Å². The molecule has 1 amide bonds. The third-order valence-corrected chi connectivity index (χ3v) is 7.49. The first-order valence-corrected chi connectivity index (χ1v) is 12.6. The molecule has 1 fully saturated rings. The minimum absolute atomic E-state index is 0.186. The summed E-state index contributed by atoms with van der Waals surface area (Å²) in [4.78, 5) is 13.1. The summed E-state index contributed by atoms with van der Waals surface area (Å²) in [6.45, 7) is 7.94. The quantitative estimate of drug-likeness (QED) is 0.572. The molecule has 1 heterocycles. The van der Waals surface area contributed by atoms with E-state index < -0.39 is 10.0 Å². The molecule has 2 aromatic rings. The van der Waals surface area contributed by atoms with E-state index in [1.54, 1.807) is 18.2 Å². The first-order valence-electron chi connectivity index (χ1n) is 11.1. The van der Waals surface area contributed by atoms with E-state index in [4.69, 9.17) is 9.47 Å². The van der Waals surface area contributed by atoms with E-state index in [2.05, 4.69) is 12.2 Å². The van der Waals surface area contributed by atoms with Gasteiger partial charge in [0.25, 0.3) is 5.91 Å². The van der Waals surface area contributed by atoms with E-state index in [1.807, 2.05) is 26.0 Å². The number of rotatable bonds is 9. The van der Waals surface area contributed by atoms with Crippen molar-refractivity contribution in [2.24, 2.45) is 0 Å². The van der Waals surface area contributed by atoms with Gasteiger partial charge < -0.3 is 14.8 Å². The van der Waals surface area contributed by atoms with Gasteiger partial charge in [-0.15, -0.1) is 0 Å². The van der Waals surface area contributed by atoms with Crippen LogP contribution in [0.15, 0.2) is 41.3 Å². The Morgan fingerprint density at radius 2 is 1.88 bits per heavy atom. The maximum absolute atomic E-state index is 13.2. The summed E-state index contributed by atoms with van der Waals surface area (Å²) in [5, 5.41) is 2.89. The summed E-state index contributed by atoms with van der Waals surface area (Å²) in [6.07, 6.45) is 2.60. The van der Waals surface area contributed by atoms with Crippen LogP contribution in [-0.2, 0) is 21.2 Å². The largest absolute Gasteiger partial charge is 0.494 e. The predicted octanol–water partition coefficient (Wildman–Crippen LogP) is 4.01. The van der Waals surface area contributed by atoms with Crippen LogP contribution in [0.1, 0.15) is 48.2 Å². The number of nitrogens with zero attached hydrogens (tertiary/aromatic N) is 1. The second kappa shape index (κ2) is 10.9. The SMILES string of the molecule is CCCCOc1ccc(NC(=O)c2ccc(CC)c(S(=O)(=O)N3CCOCC3)c2)c(C)c1. The lowest BCUT2D eigenvalue weighted by Gasteiger charge is -2.27. The molecule has 1 aliphatic rings. The Morgan fingerprint density at radius 3 is 2.53 bits per heavy atom. The summed E-state index contributed by atoms with van der Waals surface area (Å²) < 4.78 is 38.9. The Kier molecular flexibility index (Phi) is 8.28. The van der Waals surface area contributed by atoms with Crippen molar-refractivity contribution in [3.8, 4) is 5.75 Å². The van der Waals surface area contributed by atoms with Crippen LogP contribution in [0.3, 0.4) is 0 Å². The average Bonchev–Trinajstić information content (AvgIpc) is 2.81. The molecule has 0 atom stereocenters. The molecule has 32 heavy (non-hydrogen) atoms. The van der Waals surface area contributed by atoms with Gasteiger partial charge in [0, 0.05) is 24.3 Å². The smallest absolute Gasteiger partial charge is 0.255 e. The third kappa shape index (κ3) is 5.68. The number of amides is 1. The number of carbonyl (C=O) groups excluding carboxylic acids is 1. The van der Waals surface area contributed by atoms with E-state index in [0.29, 0.717) is 56.1 Å². The van der Waals surface area contributed by atoms with Crippen LogP contribution in [0.25, 0.3) is 0 Å². The molecular weight excluding hydrogens is 428 g/mol. The lowest BCUT2D eigenvalue weighted by Crippen LogP contribution is -2.41. The molecule has 7 nitrogen and oxygen atoms in total. The predicted molar refractivity (Wildman–Crippen MR) is 125 cm³/mol. The number of anilines is 1. The number of aryl methyl sites for hydroxylation is 2. The van der Waals surface area contributed by atoms with Crippen molar-refractivity contribution >= 4 is 21.6 Å². The number of hydrogen-bond donors (Lipinski definition) is 1. The molecule has 8 heteroatoms. The number of hydrogen-bond acceptors (Lipinski definition) is 5. The summed E-state index contributed by atoms with van der Waals surface area (Å²) in [5.41, 5.74) is 2.53. The highest BCUT2D eigenvalue weighted by molar-refractivity contribution is 7.89. The molecule has 0 aromatic heterocycles. The van der Waals surface area contributed by atoms with Crippen molar-refractivity contribution in [3.05, 3.63) is 53.1 Å². The number of ether oxygens (including phenoxy) is 2. The number of carbonyl (C=O) groups is 1. The van der Waals surface area contributed by atoms with Crippen molar-refractivity contribution in [2.75, 3.05) is 38.2 Å². The zero-order valence-electron chi connectivity index (χ0n) is 19.0. The zero-order chi connectivity index (χ0) is 23.1. The molecule has 1 saturated heterocycles. The standard InChI is InChI=1S/C24H32N2O5S/c1-4-6-13-31-21-9-10-22(18(3)16-21)25-24(27)20-8-7-19(5-2)23(17-20)32(28,29)26-11-14-30-15-12-26/h7-10,16-17H,4-6,11-15H2,1-3H3,(H,25,27). The van der Waals surface area contributed by atoms with Gasteiger partial charge in [-0.3, -0.25) is 4.79 Å². The normalized spacial score (nSPS) is 14.8. The maximum Gasteiger partial charge on any atom is 0.255 e. The van der Waals surface area contributed by atoms with Gasteiger partial charge in [0.05, 0.1) is 24.7 Å². The van der Waals surface area contributed by atoms with Crippen LogP contribution in [-0.4, -0.2) is 51.5 Å². The van der Waals surface area contributed by atoms with Crippen molar-refractivity contribution in [1.82, 2.24) is 4.31 Å². The maximum atomic E-state index is 13.2. The lowest BCUT2D eigenvalue weighted by atomic mass is 10.1. The second-order valence-electron chi connectivity index (χ2n) is 7.83. The van der Waals surface area contributed by atoms with E-state index in [-0.39, 0.29) is 10.8 Å².